The summed E-state index contributed by atoms with van der Waals surface area (Å²) >= 11 is 0. The van der Waals surface area contributed by atoms with Gasteiger partial charge in [0.25, 0.3) is 5.91 Å². The van der Waals surface area contributed by atoms with E-state index in [-0.39, 0.29) is 18.0 Å². The normalized spacial score (nSPS) is 19.1. The Bertz CT molecular complexity index is 834. The lowest BCUT2D eigenvalue weighted by molar-refractivity contribution is 0.0734. The van der Waals surface area contributed by atoms with Crippen molar-refractivity contribution in [3.63, 3.8) is 0 Å². The van der Waals surface area contributed by atoms with Gasteiger partial charge < -0.3 is 14.4 Å². The summed E-state index contributed by atoms with van der Waals surface area (Å²) in [6.07, 6.45) is 0.375. The predicted molar refractivity (Wildman–Crippen MR) is 96.4 cm³/mol. The van der Waals surface area contributed by atoms with E-state index >= 15 is 0 Å². The SMILES string of the molecule is COc1ccc(C(=O)N2CCC3COC(=O)N3c3ccccc3C2)cc1. The number of anilines is 1. The van der Waals surface area contributed by atoms with Gasteiger partial charge in [-0.3, -0.25) is 9.69 Å². The molecule has 2 aliphatic heterocycles. The highest BCUT2D eigenvalue weighted by molar-refractivity contribution is 5.95. The zero-order valence-corrected chi connectivity index (χ0v) is 14.6. The summed E-state index contributed by atoms with van der Waals surface area (Å²) in [6.45, 7) is 1.38. The molecule has 6 nitrogen and oxygen atoms in total. The highest BCUT2D eigenvalue weighted by Crippen LogP contribution is 2.31. The molecule has 0 aromatic heterocycles. The number of benzene rings is 2. The molecule has 1 atom stereocenters. The zero-order valence-electron chi connectivity index (χ0n) is 14.6. The number of hydrogen-bond donors (Lipinski definition) is 0. The number of para-hydroxylation sites is 1. The summed E-state index contributed by atoms with van der Waals surface area (Å²) in [7, 11) is 1.60. The van der Waals surface area contributed by atoms with Gasteiger partial charge in [-0.1, -0.05) is 18.2 Å². The van der Waals surface area contributed by atoms with Gasteiger partial charge >= 0.3 is 6.09 Å². The number of carbonyl (C=O) groups excluding carboxylic acids is 2. The molecule has 0 bridgehead atoms. The minimum atomic E-state index is -0.308. The Hall–Kier alpha value is -3.02. The molecule has 2 heterocycles. The van der Waals surface area contributed by atoms with Crippen LogP contribution in [0.15, 0.2) is 48.5 Å². The quantitative estimate of drug-likeness (QED) is 0.833. The van der Waals surface area contributed by atoms with Gasteiger partial charge in [-0.2, -0.15) is 0 Å². The van der Waals surface area contributed by atoms with Crippen LogP contribution in [0.4, 0.5) is 10.5 Å². The molecule has 0 spiro atoms. The van der Waals surface area contributed by atoms with E-state index in [9.17, 15) is 9.59 Å². The number of cyclic esters (lactones) is 1. The lowest BCUT2D eigenvalue weighted by atomic mass is 10.0. The molecular weight excluding hydrogens is 332 g/mol. The number of carbonyl (C=O) groups is 2. The maximum absolute atomic E-state index is 13.0. The molecular formula is C20H20N2O4. The van der Waals surface area contributed by atoms with Crippen LogP contribution in [-0.2, 0) is 11.3 Å². The summed E-state index contributed by atoms with van der Waals surface area (Å²) in [5.74, 6) is 0.693. The van der Waals surface area contributed by atoms with Crippen molar-refractivity contribution in [2.75, 3.05) is 25.2 Å². The van der Waals surface area contributed by atoms with Crippen LogP contribution >= 0.6 is 0 Å². The van der Waals surface area contributed by atoms with Gasteiger partial charge in [0, 0.05) is 18.7 Å². The topological polar surface area (TPSA) is 59.1 Å². The summed E-state index contributed by atoms with van der Waals surface area (Å²) in [5, 5.41) is 0. The van der Waals surface area contributed by atoms with Gasteiger partial charge in [-0.05, 0) is 42.3 Å². The maximum atomic E-state index is 13.0. The molecule has 26 heavy (non-hydrogen) atoms. The van der Waals surface area contributed by atoms with Gasteiger partial charge in [-0.25, -0.2) is 4.79 Å². The predicted octanol–water partition coefficient (Wildman–Crippen LogP) is 3.07. The van der Waals surface area contributed by atoms with E-state index in [1.165, 1.54) is 0 Å². The van der Waals surface area contributed by atoms with Crippen LogP contribution in [-0.4, -0.2) is 43.2 Å². The Kier molecular flexibility index (Phi) is 4.24. The minimum Gasteiger partial charge on any atom is -0.497 e. The molecule has 1 fully saturated rings. The average molecular weight is 352 g/mol. The van der Waals surface area contributed by atoms with Gasteiger partial charge in [0.1, 0.15) is 12.4 Å². The third kappa shape index (κ3) is 2.87. The van der Waals surface area contributed by atoms with Crippen molar-refractivity contribution in [1.29, 1.82) is 0 Å². The number of nitrogens with zero attached hydrogens (tertiary/aromatic N) is 2. The fourth-order valence-electron chi connectivity index (χ4n) is 3.53. The number of hydrogen-bond acceptors (Lipinski definition) is 4. The van der Waals surface area contributed by atoms with Crippen molar-refractivity contribution < 1.29 is 19.1 Å². The van der Waals surface area contributed by atoms with E-state index in [1.807, 2.05) is 29.2 Å². The summed E-state index contributed by atoms with van der Waals surface area (Å²) in [6, 6.07) is 14.8. The second-order valence-corrected chi connectivity index (χ2v) is 6.47. The summed E-state index contributed by atoms with van der Waals surface area (Å²) in [5.41, 5.74) is 2.39. The molecule has 4 rings (SSSR count). The largest absolute Gasteiger partial charge is 0.497 e. The van der Waals surface area contributed by atoms with Crippen LogP contribution in [0.1, 0.15) is 22.3 Å². The van der Waals surface area contributed by atoms with E-state index in [1.54, 1.807) is 36.3 Å². The van der Waals surface area contributed by atoms with Gasteiger partial charge in [-0.15, -0.1) is 0 Å². The second kappa shape index (κ2) is 6.71. The van der Waals surface area contributed by atoms with E-state index in [0.29, 0.717) is 31.7 Å². The molecule has 1 saturated heterocycles. The van der Waals surface area contributed by atoms with E-state index in [4.69, 9.17) is 9.47 Å². The number of ether oxygens (including phenoxy) is 2. The molecule has 2 aromatic carbocycles. The first-order valence-electron chi connectivity index (χ1n) is 8.64. The summed E-state index contributed by atoms with van der Waals surface area (Å²) in [4.78, 5) is 28.7. The van der Waals surface area contributed by atoms with Crippen molar-refractivity contribution in [1.82, 2.24) is 4.90 Å². The third-order valence-electron chi connectivity index (χ3n) is 4.93. The summed E-state index contributed by atoms with van der Waals surface area (Å²) < 4.78 is 10.4. The zero-order chi connectivity index (χ0) is 18.1. The second-order valence-electron chi connectivity index (χ2n) is 6.47. The smallest absolute Gasteiger partial charge is 0.414 e. The van der Waals surface area contributed by atoms with Crippen molar-refractivity contribution in [2.24, 2.45) is 0 Å². The highest BCUT2D eigenvalue weighted by atomic mass is 16.6. The maximum Gasteiger partial charge on any atom is 0.414 e. The Morgan fingerprint density at radius 1 is 1.15 bits per heavy atom. The van der Waals surface area contributed by atoms with Gasteiger partial charge in [0.15, 0.2) is 0 Å². The number of methoxy groups -OCH3 is 1. The minimum absolute atomic E-state index is 0.0267. The van der Waals surface area contributed by atoms with E-state index in [2.05, 4.69) is 0 Å². The number of fused-ring (bicyclic) bond motifs is 3. The Morgan fingerprint density at radius 2 is 1.92 bits per heavy atom. The van der Waals surface area contributed by atoms with E-state index in [0.717, 1.165) is 17.0 Å². The van der Waals surface area contributed by atoms with Crippen LogP contribution in [0.3, 0.4) is 0 Å². The van der Waals surface area contributed by atoms with Crippen molar-refractivity contribution >= 4 is 17.7 Å². The highest BCUT2D eigenvalue weighted by Gasteiger charge is 2.37. The fraction of sp³-hybridized carbons (Fsp3) is 0.300. The molecule has 6 heteroatoms. The lowest BCUT2D eigenvalue weighted by Gasteiger charge is -2.32. The number of amides is 2. The molecule has 2 aromatic rings. The Morgan fingerprint density at radius 3 is 2.69 bits per heavy atom. The van der Waals surface area contributed by atoms with Crippen molar-refractivity contribution in [2.45, 2.75) is 19.0 Å². The van der Waals surface area contributed by atoms with Gasteiger partial charge in [0.05, 0.1) is 18.8 Å². The number of rotatable bonds is 2. The van der Waals surface area contributed by atoms with Gasteiger partial charge in [0.2, 0.25) is 0 Å². The fourth-order valence-corrected chi connectivity index (χ4v) is 3.53. The molecule has 134 valence electrons. The van der Waals surface area contributed by atoms with Crippen LogP contribution in [0.2, 0.25) is 0 Å². The molecule has 1 unspecified atom stereocenters. The van der Waals surface area contributed by atoms with Crippen molar-refractivity contribution in [3.05, 3.63) is 59.7 Å². The lowest BCUT2D eigenvalue weighted by Crippen LogP contribution is -2.42. The molecule has 2 aliphatic rings. The average Bonchev–Trinajstić information content (AvgIpc) is 3.03. The van der Waals surface area contributed by atoms with Crippen LogP contribution in [0.5, 0.6) is 5.75 Å². The standard InChI is InChI=1S/C20H20N2O4/c1-25-17-8-6-14(7-9-17)19(23)21-11-10-16-13-26-20(24)22(16)18-5-3-2-4-15(18)12-21/h2-9,16H,10-13H2,1H3. The van der Waals surface area contributed by atoms with E-state index < -0.39 is 0 Å². The van der Waals surface area contributed by atoms with Crippen molar-refractivity contribution in [3.8, 4) is 5.75 Å². The Balaban J connectivity index is 1.65. The molecule has 0 N–H and O–H groups in total. The monoisotopic (exact) mass is 352 g/mol. The molecule has 2 amide bonds. The first-order valence-corrected chi connectivity index (χ1v) is 8.64. The van der Waals surface area contributed by atoms with Crippen LogP contribution in [0.25, 0.3) is 0 Å². The van der Waals surface area contributed by atoms with Crippen LogP contribution < -0.4 is 9.64 Å². The first-order chi connectivity index (χ1) is 12.7. The van der Waals surface area contributed by atoms with Crippen LogP contribution in [0, 0.1) is 0 Å². The third-order valence-corrected chi connectivity index (χ3v) is 4.93. The molecule has 0 saturated carbocycles. The molecule has 0 aliphatic carbocycles. The Labute approximate surface area is 151 Å². The molecule has 0 radical (unpaired) electrons. The first kappa shape index (κ1) is 16.4.